The summed E-state index contributed by atoms with van der Waals surface area (Å²) >= 11 is 0. The van der Waals surface area contributed by atoms with Crippen LogP contribution in [0.5, 0.6) is 0 Å². The maximum atomic E-state index is 13.9. The summed E-state index contributed by atoms with van der Waals surface area (Å²) in [5.41, 5.74) is 2.36. The van der Waals surface area contributed by atoms with Crippen LogP contribution in [0.4, 0.5) is 0 Å². The number of Topliss-reactive ketones (excluding diaryl/α,β-unsaturated/α-hetero) is 1. The Labute approximate surface area is 603 Å². The number of aliphatic hydroxyl groups excluding tert-OH is 14. The molecular weight excluding hydrogens is 1290 g/mol. The second-order valence-corrected chi connectivity index (χ2v) is 31.8. The lowest BCUT2D eigenvalue weighted by Crippen LogP contribution is -2.48. The van der Waals surface area contributed by atoms with Gasteiger partial charge in [0.05, 0.1) is 91.9 Å². The summed E-state index contributed by atoms with van der Waals surface area (Å²) in [5, 5.41) is 155. The molecule has 0 aromatic heterocycles. The van der Waals surface area contributed by atoms with Crippen molar-refractivity contribution in [1.29, 1.82) is 0 Å². The Bertz CT molecular complexity index is 2770. The van der Waals surface area contributed by atoms with Gasteiger partial charge in [0.25, 0.3) is 0 Å². The highest BCUT2D eigenvalue weighted by Crippen LogP contribution is 2.40. The van der Waals surface area contributed by atoms with E-state index in [0.29, 0.717) is 85.7 Å². The summed E-state index contributed by atoms with van der Waals surface area (Å²) < 4.78 is 24.9. The molecule has 0 unspecified atom stereocenters. The SMILES string of the molecule is C=C1CC(=O)O[C@@H]([C@H]2C[C@H](O)[C@@](C)([C@@H](O)CC(=C)C(=C)C[C@@H](O)C[C@H](C)O)O2)/C=C/[C@H](O)C[C@@H](C)C[C@@H](C)CC(=O)[C@@H](O)CC[C@@H](C)C[C@H](O)[C@H]2O[C@H](CC(=C)CC(=C)[C@H](O)/C=C\CC[C@H](O)C[C@@H](C)[C@@H]3C=C[C@@H](C[C@H](C)[C@@H](O)C/C(C)=C\[C@@H](O)[C@H](C)[C@H](O)CC(=C)C[C@@H](C)C1)O3)[C@H](O)[C@@H]2O. The van der Waals surface area contributed by atoms with Gasteiger partial charge in [-0.2, -0.15) is 0 Å². The molecule has 4 rings (SSSR count). The zero-order valence-electron chi connectivity index (χ0n) is 62.4. The molecule has 4 heterocycles. The number of cyclic esters (lactones) is 1. The molecule has 4 aliphatic rings. The van der Waals surface area contributed by atoms with E-state index in [2.05, 4.69) is 39.5 Å². The summed E-state index contributed by atoms with van der Waals surface area (Å²) in [6, 6.07) is 0. The average Bonchev–Trinajstić information content (AvgIpc) is 1.65. The van der Waals surface area contributed by atoms with E-state index in [1.165, 1.54) is 19.1 Å². The molecule has 4 bridgehead atoms. The van der Waals surface area contributed by atoms with Crippen molar-refractivity contribution < 1.29 is 100 Å². The Morgan fingerprint density at radius 1 is 0.594 bits per heavy atom. The first-order valence-electron chi connectivity index (χ1n) is 37.1. The van der Waals surface area contributed by atoms with E-state index >= 15 is 0 Å². The standard InChI is InChI=1S/C81H132O20/c1-45-21-24-65(87)69(91)36-49(5)29-47(3)31-61(84)22-25-72(73-44-76(94)81(16,101-73)75(93)42-54(10)53(9)39-62(85)43-58(14)82)99-77(95)38-50(6)28-46(2)27-48(4)34-67(89)59(15)68(90)35-52(8)33-66(88)56(12)41-63-23-26-71(98-63)57(13)40-60(83)19-17-18-20-64(86)55(11)30-51(7)37-74-78(96)79(97)80(100-74)70(92)32-45/h18,20,22-23,25-26,35,45-47,49,56-68,70-76,78-80,82-90,92-94,96-97H,4,6-7,9-11,17,19,21,24,27-34,36-44H2,1-3,5,8,12-16H3/b20-18-,25-22+,52-35-/t45-,46-,47+,49-,56+,57-,58+,59-,60+,61+,62-,63+,64-,65+,66+,67-,68-,70+,71+,72-,73-,74-,75+,76+,78+,79+,80-,81-/m1/s1. The number of carbonyl (C=O) groups is 2. The minimum atomic E-state index is -1.59. The lowest BCUT2D eigenvalue weighted by molar-refractivity contribution is -0.168. The van der Waals surface area contributed by atoms with Crippen molar-refractivity contribution in [3.8, 4) is 0 Å². The number of rotatable bonds is 9. The second-order valence-electron chi connectivity index (χ2n) is 31.8. The van der Waals surface area contributed by atoms with Crippen molar-refractivity contribution in [2.75, 3.05) is 0 Å². The highest BCUT2D eigenvalue weighted by molar-refractivity contribution is 5.82. The van der Waals surface area contributed by atoms with Crippen LogP contribution in [0.3, 0.4) is 0 Å². The highest BCUT2D eigenvalue weighted by atomic mass is 16.6. The van der Waals surface area contributed by atoms with Gasteiger partial charge in [-0.15, -0.1) is 0 Å². The molecule has 0 radical (unpaired) electrons. The number of esters is 1. The van der Waals surface area contributed by atoms with Crippen LogP contribution in [-0.2, 0) is 28.5 Å². The van der Waals surface area contributed by atoms with Crippen molar-refractivity contribution in [3.63, 3.8) is 0 Å². The van der Waals surface area contributed by atoms with Gasteiger partial charge >= 0.3 is 5.97 Å². The van der Waals surface area contributed by atoms with Gasteiger partial charge in [-0.1, -0.05) is 147 Å². The third-order valence-corrected chi connectivity index (χ3v) is 21.1. The number of hydrogen-bond donors (Lipinski definition) is 14. The Morgan fingerprint density at radius 3 is 1.91 bits per heavy atom. The van der Waals surface area contributed by atoms with Gasteiger partial charge in [-0.3, -0.25) is 9.59 Å². The van der Waals surface area contributed by atoms with Crippen LogP contribution in [0.15, 0.2) is 121 Å². The normalized spacial score (nSPS) is 40.7. The van der Waals surface area contributed by atoms with Crippen molar-refractivity contribution in [2.24, 2.45) is 41.4 Å². The molecule has 20 nitrogen and oxygen atoms in total. The number of carbonyl (C=O) groups excluding carboxylic acids is 2. The third kappa shape index (κ3) is 30.3. The van der Waals surface area contributed by atoms with Crippen LogP contribution in [-0.4, -0.2) is 211 Å². The van der Waals surface area contributed by atoms with Crippen molar-refractivity contribution in [3.05, 3.63) is 121 Å². The fourth-order valence-electron chi connectivity index (χ4n) is 14.7. The maximum absolute atomic E-state index is 13.9. The third-order valence-electron chi connectivity index (χ3n) is 21.1. The van der Waals surface area contributed by atoms with E-state index in [1.54, 1.807) is 32.1 Å². The summed E-state index contributed by atoms with van der Waals surface area (Å²) in [5.74, 6) is -2.35. The Balaban J connectivity index is 1.48. The number of allylic oxidation sites excluding steroid dienone is 1. The first-order chi connectivity index (χ1) is 47.1. The van der Waals surface area contributed by atoms with Crippen LogP contribution < -0.4 is 0 Å². The number of aliphatic hydroxyl groups is 14. The van der Waals surface area contributed by atoms with E-state index in [4.69, 9.17) is 18.9 Å². The number of hydrogen-bond acceptors (Lipinski definition) is 20. The van der Waals surface area contributed by atoms with E-state index < -0.39 is 127 Å². The number of ketones is 1. The van der Waals surface area contributed by atoms with Crippen LogP contribution >= 0.6 is 0 Å². The van der Waals surface area contributed by atoms with E-state index in [9.17, 15) is 81.1 Å². The molecule has 0 spiro atoms. The lowest BCUT2D eigenvalue weighted by atomic mass is 9.86. The summed E-state index contributed by atoms with van der Waals surface area (Å²) in [6.07, 6.45) is -2.33. The minimum Gasteiger partial charge on any atom is -0.455 e. The molecule has 0 aliphatic carbocycles. The zero-order chi connectivity index (χ0) is 75.9. The van der Waals surface area contributed by atoms with E-state index in [0.717, 1.165) is 11.1 Å². The van der Waals surface area contributed by atoms with Crippen LogP contribution in [0.1, 0.15) is 204 Å². The molecule has 576 valence electrons. The molecule has 0 saturated carbocycles. The fourth-order valence-corrected chi connectivity index (χ4v) is 14.7. The average molecular weight is 1430 g/mol. The molecule has 14 N–H and O–H groups in total. The van der Waals surface area contributed by atoms with E-state index in [-0.39, 0.29) is 131 Å². The fraction of sp³-hybridized carbons (Fsp3) is 0.728. The Morgan fingerprint density at radius 2 is 1.24 bits per heavy atom. The molecular formula is C81H132O20. The molecule has 0 aromatic carbocycles. The molecule has 4 aliphatic heterocycles. The monoisotopic (exact) mass is 1420 g/mol. The molecule has 0 aromatic rings. The van der Waals surface area contributed by atoms with Gasteiger partial charge in [-0.05, 0) is 188 Å². The van der Waals surface area contributed by atoms with Crippen molar-refractivity contribution >= 4 is 11.8 Å². The van der Waals surface area contributed by atoms with Crippen LogP contribution in [0, 0.1) is 41.4 Å². The summed E-state index contributed by atoms with van der Waals surface area (Å²) in [7, 11) is 0. The predicted octanol–water partition coefficient (Wildman–Crippen LogP) is 8.84. The quantitative estimate of drug-likeness (QED) is 0.0582. The minimum absolute atomic E-state index is 0.00816. The largest absolute Gasteiger partial charge is 0.455 e. The first kappa shape index (κ1) is 89.3. The van der Waals surface area contributed by atoms with Gasteiger partial charge in [0.2, 0.25) is 0 Å². The molecule has 101 heavy (non-hydrogen) atoms. The highest BCUT2D eigenvalue weighted by Gasteiger charge is 2.52. The van der Waals surface area contributed by atoms with Gasteiger partial charge in [-0.25, -0.2) is 0 Å². The lowest BCUT2D eigenvalue weighted by Gasteiger charge is -2.34. The first-order valence-corrected chi connectivity index (χ1v) is 37.1. The van der Waals surface area contributed by atoms with Crippen LogP contribution in [0.25, 0.3) is 0 Å². The topological polar surface area (TPSA) is 354 Å². The molecule has 2 fully saturated rings. The second kappa shape index (κ2) is 42.9. The molecule has 28 atom stereocenters. The molecule has 0 amide bonds. The maximum Gasteiger partial charge on any atom is 0.310 e. The zero-order valence-corrected chi connectivity index (χ0v) is 62.4. The number of ether oxygens (including phenoxy) is 4. The Hall–Kier alpha value is -4.14. The van der Waals surface area contributed by atoms with E-state index in [1.807, 2.05) is 60.6 Å². The van der Waals surface area contributed by atoms with Gasteiger partial charge in [0, 0.05) is 25.2 Å². The van der Waals surface area contributed by atoms with Crippen LogP contribution in [0.2, 0.25) is 0 Å². The smallest absolute Gasteiger partial charge is 0.310 e. The molecule has 2 saturated heterocycles. The number of fused-ring (bicyclic) bond motifs is 4. The molecule has 20 heteroatoms. The summed E-state index contributed by atoms with van der Waals surface area (Å²) in [4.78, 5) is 27.3. The van der Waals surface area contributed by atoms with Gasteiger partial charge < -0.3 is 90.4 Å². The summed E-state index contributed by atoms with van der Waals surface area (Å²) in [6.45, 7) is 42.9. The van der Waals surface area contributed by atoms with Gasteiger partial charge in [0.1, 0.15) is 42.2 Å². The van der Waals surface area contributed by atoms with Crippen molar-refractivity contribution in [1.82, 2.24) is 0 Å². The van der Waals surface area contributed by atoms with Crippen molar-refractivity contribution in [2.45, 2.75) is 332 Å². The Kier molecular flexibility index (Phi) is 37.9. The predicted molar refractivity (Wildman–Crippen MR) is 392 cm³/mol. The van der Waals surface area contributed by atoms with Gasteiger partial charge in [0.15, 0.2) is 5.78 Å².